The maximum atomic E-state index is 2.37. The van der Waals surface area contributed by atoms with Gasteiger partial charge in [0.2, 0.25) is 0 Å². The van der Waals surface area contributed by atoms with Gasteiger partial charge < -0.3 is 0 Å². The van der Waals surface area contributed by atoms with Crippen LogP contribution < -0.4 is 0 Å². The van der Waals surface area contributed by atoms with Crippen LogP contribution in [0.2, 0.25) is 0 Å². The molecule has 1 aliphatic rings. The van der Waals surface area contributed by atoms with Gasteiger partial charge in [0.15, 0.2) is 0 Å². The molecule has 2 unspecified atom stereocenters. The fourth-order valence-corrected chi connectivity index (χ4v) is 1.18. The van der Waals surface area contributed by atoms with E-state index < -0.39 is 0 Å². The summed E-state index contributed by atoms with van der Waals surface area (Å²) in [5, 5.41) is 0. The Balaban J connectivity index is 2.54. The first kappa shape index (κ1) is 6.81. The summed E-state index contributed by atoms with van der Waals surface area (Å²) >= 11 is 0. The molecule has 0 bridgehead atoms. The Morgan fingerprint density at radius 1 is 1.33 bits per heavy atom. The van der Waals surface area contributed by atoms with Crippen LogP contribution in [0.4, 0.5) is 0 Å². The molecule has 0 saturated carbocycles. The van der Waals surface area contributed by atoms with E-state index in [1.165, 1.54) is 6.54 Å². The van der Waals surface area contributed by atoms with Crippen LogP contribution in [0.5, 0.6) is 0 Å². The third-order valence-electron chi connectivity index (χ3n) is 1.99. The molecule has 0 aromatic rings. The van der Waals surface area contributed by atoms with E-state index in [2.05, 4.69) is 37.9 Å². The van der Waals surface area contributed by atoms with Gasteiger partial charge in [0.25, 0.3) is 0 Å². The topological polar surface area (TPSA) is 3.24 Å². The van der Waals surface area contributed by atoms with Crippen LogP contribution in [-0.4, -0.2) is 24.5 Å². The Morgan fingerprint density at radius 2 is 2.00 bits per heavy atom. The van der Waals surface area contributed by atoms with Crippen LogP contribution in [0.25, 0.3) is 0 Å². The van der Waals surface area contributed by atoms with Crippen LogP contribution in [-0.2, 0) is 0 Å². The van der Waals surface area contributed by atoms with E-state index in [1.807, 2.05) is 0 Å². The first-order chi connectivity index (χ1) is 4.20. The van der Waals surface area contributed by atoms with Gasteiger partial charge in [-0.15, -0.1) is 0 Å². The molecule has 1 heterocycles. The molecule has 1 rings (SSSR count). The minimum Gasteiger partial charge on any atom is -0.300 e. The summed E-state index contributed by atoms with van der Waals surface area (Å²) < 4.78 is 0. The second kappa shape index (κ2) is 2.53. The summed E-state index contributed by atoms with van der Waals surface area (Å²) in [5.74, 6) is 0.742. The summed E-state index contributed by atoms with van der Waals surface area (Å²) in [6.07, 6.45) is 4.57. The van der Waals surface area contributed by atoms with E-state index in [0.29, 0.717) is 6.04 Å². The lowest BCUT2D eigenvalue weighted by Gasteiger charge is -2.28. The maximum Gasteiger partial charge on any atom is 0.0247 e. The van der Waals surface area contributed by atoms with E-state index in [0.717, 1.165) is 5.92 Å². The quantitative estimate of drug-likeness (QED) is 0.444. The average molecular weight is 125 g/mol. The summed E-state index contributed by atoms with van der Waals surface area (Å²) in [6, 6.07) is 0.640. The zero-order valence-corrected chi connectivity index (χ0v) is 6.46. The Labute approximate surface area is 57.4 Å². The predicted octanol–water partition coefficient (Wildman–Crippen LogP) is 1.51. The van der Waals surface area contributed by atoms with Gasteiger partial charge in [-0.25, -0.2) is 0 Å². The SMILES string of the molecule is CC1C=CC(C)N(C)C1. The normalized spacial score (nSPS) is 37.2. The summed E-state index contributed by atoms with van der Waals surface area (Å²) in [5.41, 5.74) is 0. The molecule has 0 radical (unpaired) electrons. The lowest BCUT2D eigenvalue weighted by atomic mass is 10.0. The van der Waals surface area contributed by atoms with Gasteiger partial charge in [0.1, 0.15) is 0 Å². The highest BCUT2D eigenvalue weighted by molar-refractivity contribution is 4.99. The predicted molar refractivity (Wildman–Crippen MR) is 40.4 cm³/mol. The number of hydrogen-bond donors (Lipinski definition) is 0. The van der Waals surface area contributed by atoms with E-state index in [4.69, 9.17) is 0 Å². The Morgan fingerprint density at radius 3 is 2.44 bits per heavy atom. The smallest absolute Gasteiger partial charge is 0.0247 e. The first-order valence-electron chi connectivity index (χ1n) is 3.58. The van der Waals surface area contributed by atoms with E-state index >= 15 is 0 Å². The highest BCUT2D eigenvalue weighted by atomic mass is 15.1. The standard InChI is InChI=1S/C8H15N/c1-7-4-5-8(2)9(3)6-7/h4-5,7-8H,6H2,1-3H3. The van der Waals surface area contributed by atoms with Gasteiger partial charge in [-0.3, -0.25) is 4.90 Å². The van der Waals surface area contributed by atoms with Crippen LogP contribution in [0.15, 0.2) is 12.2 Å². The van der Waals surface area contributed by atoms with Crippen molar-refractivity contribution in [1.29, 1.82) is 0 Å². The van der Waals surface area contributed by atoms with Crippen LogP contribution in [0, 0.1) is 5.92 Å². The second-order valence-corrected chi connectivity index (χ2v) is 3.04. The zero-order chi connectivity index (χ0) is 6.85. The van der Waals surface area contributed by atoms with Crippen molar-refractivity contribution in [3.05, 3.63) is 12.2 Å². The summed E-state index contributed by atoms with van der Waals surface area (Å²) in [7, 11) is 2.17. The molecular formula is C8H15N. The lowest BCUT2D eigenvalue weighted by molar-refractivity contribution is 0.258. The molecule has 0 fully saturated rings. The highest BCUT2D eigenvalue weighted by Gasteiger charge is 2.12. The van der Waals surface area contributed by atoms with Crippen molar-refractivity contribution >= 4 is 0 Å². The molecular weight excluding hydrogens is 110 g/mol. The first-order valence-corrected chi connectivity index (χ1v) is 3.58. The molecule has 0 amide bonds. The number of rotatable bonds is 0. The molecule has 1 nitrogen and oxygen atoms in total. The van der Waals surface area contributed by atoms with E-state index in [-0.39, 0.29) is 0 Å². The van der Waals surface area contributed by atoms with Gasteiger partial charge >= 0.3 is 0 Å². The third-order valence-corrected chi connectivity index (χ3v) is 1.99. The fraction of sp³-hybridized carbons (Fsp3) is 0.750. The van der Waals surface area contributed by atoms with Crippen molar-refractivity contribution in [1.82, 2.24) is 4.90 Å². The molecule has 0 aromatic heterocycles. The molecule has 1 heteroatoms. The molecule has 0 aliphatic carbocycles. The zero-order valence-electron chi connectivity index (χ0n) is 6.46. The number of nitrogens with zero attached hydrogens (tertiary/aromatic N) is 1. The average Bonchev–Trinajstić information content (AvgIpc) is 1.80. The lowest BCUT2D eigenvalue weighted by Crippen LogP contribution is -2.34. The van der Waals surface area contributed by atoms with Crippen molar-refractivity contribution in [3.8, 4) is 0 Å². The maximum absolute atomic E-state index is 2.37. The molecule has 1 aliphatic heterocycles. The number of hydrogen-bond acceptors (Lipinski definition) is 1. The molecule has 0 spiro atoms. The fourth-order valence-electron chi connectivity index (χ4n) is 1.18. The van der Waals surface area contributed by atoms with Crippen molar-refractivity contribution in [2.75, 3.05) is 13.6 Å². The Kier molecular flexibility index (Phi) is 1.91. The monoisotopic (exact) mass is 125 g/mol. The Bertz CT molecular complexity index is 118. The molecule has 9 heavy (non-hydrogen) atoms. The van der Waals surface area contributed by atoms with Gasteiger partial charge in [-0.2, -0.15) is 0 Å². The summed E-state index contributed by atoms with van der Waals surface area (Å²) in [4.78, 5) is 2.37. The van der Waals surface area contributed by atoms with E-state index in [9.17, 15) is 0 Å². The van der Waals surface area contributed by atoms with Gasteiger partial charge in [-0.1, -0.05) is 19.1 Å². The van der Waals surface area contributed by atoms with Crippen molar-refractivity contribution < 1.29 is 0 Å². The second-order valence-electron chi connectivity index (χ2n) is 3.04. The molecule has 2 atom stereocenters. The van der Waals surface area contributed by atoms with Crippen molar-refractivity contribution in [2.45, 2.75) is 19.9 Å². The largest absolute Gasteiger partial charge is 0.300 e. The van der Waals surface area contributed by atoms with Crippen LogP contribution in [0.3, 0.4) is 0 Å². The minimum atomic E-state index is 0.640. The third kappa shape index (κ3) is 1.55. The van der Waals surface area contributed by atoms with Crippen LogP contribution in [0.1, 0.15) is 13.8 Å². The van der Waals surface area contributed by atoms with Crippen molar-refractivity contribution in [3.63, 3.8) is 0 Å². The van der Waals surface area contributed by atoms with Gasteiger partial charge in [-0.05, 0) is 19.9 Å². The highest BCUT2D eigenvalue weighted by Crippen LogP contribution is 2.11. The van der Waals surface area contributed by atoms with Gasteiger partial charge in [0, 0.05) is 12.6 Å². The molecule has 0 aromatic carbocycles. The molecule has 0 saturated heterocycles. The van der Waals surface area contributed by atoms with Crippen LogP contribution >= 0.6 is 0 Å². The molecule has 52 valence electrons. The number of likely N-dealkylation sites (N-methyl/N-ethyl adjacent to an activating group) is 1. The van der Waals surface area contributed by atoms with E-state index in [1.54, 1.807) is 0 Å². The molecule has 0 N–H and O–H groups in total. The minimum absolute atomic E-state index is 0.640. The van der Waals surface area contributed by atoms with Gasteiger partial charge in [0.05, 0.1) is 0 Å². The van der Waals surface area contributed by atoms with Crippen molar-refractivity contribution in [2.24, 2.45) is 5.92 Å². The summed E-state index contributed by atoms with van der Waals surface area (Å²) in [6.45, 7) is 5.68. The Hall–Kier alpha value is -0.300.